The second kappa shape index (κ2) is 4.19. The SMILES string of the molecule is O=C1CCC(n2cc(Cl)ccc2=O)CC1. The Morgan fingerprint density at radius 1 is 1.20 bits per heavy atom. The number of hydrogen-bond donors (Lipinski definition) is 0. The molecule has 80 valence electrons. The molecule has 0 aromatic carbocycles. The molecule has 1 fully saturated rings. The highest BCUT2D eigenvalue weighted by atomic mass is 35.5. The zero-order valence-electron chi connectivity index (χ0n) is 8.28. The molecule has 0 N–H and O–H groups in total. The van der Waals surface area contributed by atoms with Gasteiger partial charge >= 0.3 is 0 Å². The largest absolute Gasteiger partial charge is 0.311 e. The summed E-state index contributed by atoms with van der Waals surface area (Å²) in [6, 6.07) is 3.20. The van der Waals surface area contributed by atoms with Crippen molar-refractivity contribution in [3.05, 3.63) is 33.7 Å². The Morgan fingerprint density at radius 3 is 2.53 bits per heavy atom. The molecule has 0 saturated heterocycles. The Kier molecular flexibility index (Phi) is 2.91. The highest BCUT2D eigenvalue weighted by molar-refractivity contribution is 6.30. The third-order valence-corrected chi connectivity index (χ3v) is 3.03. The van der Waals surface area contributed by atoms with E-state index in [-0.39, 0.29) is 11.6 Å². The fourth-order valence-corrected chi connectivity index (χ4v) is 2.13. The van der Waals surface area contributed by atoms with Crippen LogP contribution >= 0.6 is 11.6 Å². The topological polar surface area (TPSA) is 39.1 Å². The molecule has 0 atom stereocenters. The fraction of sp³-hybridized carbons (Fsp3) is 0.455. The minimum absolute atomic E-state index is 0.0428. The van der Waals surface area contributed by atoms with Gasteiger partial charge in [-0.25, -0.2) is 0 Å². The maximum Gasteiger partial charge on any atom is 0.250 e. The highest BCUT2D eigenvalue weighted by Crippen LogP contribution is 2.25. The van der Waals surface area contributed by atoms with Crippen molar-refractivity contribution in [2.24, 2.45) is 0 Å². The van der Waals surface area contributed by atoms with Crippen LogP contribution in [0.3, 0.4) is 0 Å². The Labute approximate surface area is 92.7 Å². The van der Waals surface area contributed by atoms with Gasteiger partial charge < -0.3 is 4.57 Å². The highest BCUT2D eigenvalue weighted by Gasteiger charge is 2.20. The molecule has 1 aromatic heterocycles. The summed E-state index contributed by atoms with van der Waals surface area (Å²) in [5, 5.41) is 0.562. The van der Waals surface area contributed by atoms with E-state index in [0.29, 0.717) is 23.6 Å². The number of nitrogens with zero attached hydrogens (tertiary/aromatic N) is 1. The van der Waals surface area contributed by atoms with Crippen molar-refractivity contribution in [3.63, 3.8) is 0 Å². The zero-order valence-corrected chi connectivity index (χ0v) is 9.04. The molecule has 0 amide bonds. The van der Waals surface area contributed by atoms with Crippen molar-refractivity contribution >= 4 is 17.4 Å². The Bertz CT molecular complexity index is 428. The lowest BCUT2D eigenvalue weighted by molar-refractivity contribution is -0.120. The first kappa shape index (κ1) is 10.4. The molecule has 15 heavy (non-hydrogen) atoms. The Balaban J connectivity index is 2.26. The average Bonchev–Trinajstić information content (AvgIpc) is 2.23. The summed E-state index contributed by atoms with van der Waals surface area (Å²) in [7, 11) is 0. The maximum atomic E-state index is 11.6. The molecule has 1 aliphatic carbocycles. The van der Waals surface area contributed by atoms with Crippen LogP contribution in [0, 0.1) is 0 Å². The van der Waals surface area contributed by atoms with Crippen LogP contribution in [0.2, 0.25) is 5.02 Å². The van der Waals surface area contributed by atoms with Crippen LogP contribution in [-0.2, 0) is 4.79 Å². The number of aromatic nitrogens is 1. The lowest BCUT2D eigenvalue weighted by Gasteiger charge is -2.23. The van der Waals surface area contributed by atoms with Gasteiger partial charge in [0.2, 0.25) is 0 Å². The van der Waals surface area contributed by atoms with Crippen LogP contribution < -0.4 is 5.56 Å². The Morgan fingerprint density at radius 2 is 1.87 bits per heavy atom. The lowest BCUT2D eigenvalue weighted by Crippen LogP contribution is -2.26. The number of pyridine rings is 1. The number of ketones is 1. The van der Waals surface area contributed by atoms with Crippen molar-refractivity contribution in [1.29, 1.82) is 0 Å². The average molecular weight is 226 g/mol. The number of carbonyl (C=O) groups is 1. The maximum absolute atomic E-state index is 11.6. The molecule has 1 aromatic rings. The summed E-state index contributed by atoms with van der Waals surface area (Å²) in [4.78, 5) is 22.6. The Hall–Kier alpha value is -1.09. The number of hydrogen-bond acceptors (Lipinski definition) is 2. The van der Waals surface area contributed by atoms with E-state index in [9.17, 15) is 9.59 Å². The van der Waals surface area contributed by atoms with E-state index < -0.39 is 0 Å². The monoisotopic (exact) mass is 225 g/mol. The van der Waals surface area contributed by atoms with E-state index in [1.807, 2.05) is 0 Å². The quantitative estimate of drug-likeness (QED) is 0.735. The third kappa shape index (κ3) is 2.29. The molecule has 3 nitrogen and oxygen atoms in total. The van der Waals surface area contributed by atoms with E-state index in [4.69, 9.17) is 11.6 Å². The van der Waals surface area contributed by atoms with Crippen LogP contribution in [0.4, 0.5) is 0 Å². The molecule has 1 aliphatic rings. The first-order valence-electron chi connectivity index (χ1n) is 5.06. The van der Waals surface area contributed by atoms with Gasteiger partial charge in [-0.15, -0.1) is 0 Å². The van der Waals surface area contributed by atoms with Crippen molar-refractivity contribution in [1.82, 2.24) is 4.57 Å². The first-order chi connectivity index (χ1) is 7.16. The van der Waals surface area contributed by atoms with Crippen LogP contribution in [0.1, 0.15) is 31.7 Å². The van der Waals surface area contributed by atoms with Gasteiger partial charge in [0.25, 0.3) is 5.56 Å². The molecule has 0 unspecified atom stereocenters. The molecule has 0 radical (unpaired) electrons. The van der Waals surface area contributed by atoms with Gasteiger partial charge in [-0.1, -0.05) is 11.6 Å². The third-order valence-electron chi connectivity index (χ3n) is 2.81. The van der Waals surface area contributed by atoms with Crippen LogP contribution in [0.15, 0.2) is 23.1 Å². The van der Waals surface area contributed by atoms with Gasteiger partial charge in [0.15, 0.2) is 0 Å². The van der Waals surface area contributed by atoms with E-state index in [1.165, 1.54) is 6.07 Å². The first-order valence-corrected chi connectivity index (χ1v) is 5.44. The van der Waals surface area contributed by atoms with Crippen molar-refractivity contribution in [2.45, 2.75) is 31.7 Å². The van der Waals surface area contributed by atoms with Gasteiger partial charge in [-0.05, 0) is 18.9 Å². The number of Topliss-reactive ketones (excluding diaryl/α,β-unsaturated/α-hetero) is 1. The summed E-state index contributed by atoms with van der Waals surface area (Å²) in [6.07, 6.45) is 4.30. The summed E-state index contributed by atoms with van der Waals surface area (Å²) in [6.45, 7) is 0. The zero-order chi connectivity index (χ0) is 10.8. The van der Waals surface area contributed by atoms with E-state index >= 15 is 0 Å². The van der Waals surface area contributed by atoms with Crippen molar-refractivity contribution in [2.75, 3.05) is 0 Å². The predicted octanol–water partition coefficient (Wildman–Crippen LogP) is 2.19. The summed E-state index contributed by atoms with van der Waals surface area (Å²) in [5.41, 5.74) is -0.0428. The summed E-state index contributed by atoms with van der Waals surface area (Å²) >= 11 is 5.84. The second-order valence-corrected chi connectivity index (χ2v) is 4.30. The fourth-order valence-electron chi connectivity index (χ4n) is 1.96. The molecule has 0 aliphatic heterocycles. The normalized spacial score (nSPS) is 18.1. The van der Waals surface area contributed by atoms with Gasteiger partial charge in [0.1, 0.15) is 5.78 Å². The molecular formula is C11H12ClNO2. The molecule has 0 spiro atoms. The summed E-state index contributed by atoms with van der Waals surface area (Å²) in [5.74, 6) is 0.293. The minimum Gasteiger partial charge on any atom is -0.311 e. The van der Waals surface area contributed by atoms with Crippen LogP contribution in [-0.4, -0.2) is 10.4 Å². The number of rotatable bonds is 1. The lowest BCUT2D eigenvalue weighted by atomic mass is 9.94. The van der Waals surface area contributed by atoms with Crippen LogP contribution in [0.5, 0.6) is 0 Å². The minimum atomic E-state index is -0.0428. The van der Waals surface area contributed by atoms with E-state index in [2.05, 4.69) is 0 Å². The van der Waals surface area contributed by atoms with E-state index in [1.54, 1.807) is 16.8 Å². The molecular weight excluding hydrogens is 214 g/mol. The smallest absolute Gasteiger partial charge is 0.250 e. The van der Waals surface area contributed by atoms with Crippen LogP contribution in [0.25, 0.3) is 0 Å². The summed E-state index contributed by atoms with van der Waals surface area (Å²) < 4.78 is 1.65. The van der Waals surface area contributed by atoms with Gasteiger partial charge in [0, 0.05) is 31.1 Å². The standard InChI is InChI=1S/C11H12ClNO2/c12-8-1-6-11(15)13(7-8)9-2-4-10(14)5-3-9/h1,6-7,9H,2-5H2. The second-order valence-electron chi connectivity index (χ2n) is 3.86. The molecule has 1 saturated carbocycles. The van der Waals surface area contributed by atoms with E-state index in [0.717, 1.165) is 12.8 Å². The predicted molar refractivity (Wildman–Crippen MR) is 58.2 cm³/mol. The number of halogens is 1. The number of carbonyl (C=O) groups excluding carboxylic acids is 1. The molecule has 0 bridgehead atoms. The van der Waals surface area contributed by atoms with Crippen molar-refractivity contribution < 1.29 is 4.79 Å². The van der Waals surface area contributed by atoms with Crippen molar-refractivity contribution in [3.8, 4) is 0 Å². The molecule has 1 heterocycles. The van der Waals surface area contributed by atoms with Gasteiger partial charge in [-0.3, -0.25) is 9.59 Å². The van der Waals surface area contributed by atoms with Gasteiger partial charge in [-0.2, -0.15) is 0 Å². The molecule has 4 heteroatoms. The molecule has 2 rings (SSSR count). The van der Waals surface area contributed by atoms with Gasteiger partial charge in [0.05, 0.1) is 5.02 Å².